The Morgan fingerprint density at radius 3 is 2.09 bits per heavy atom. The Morgan fingerprint density at radius 2 is 1.59 bits per heavy atom. The fourth-order valence-electron chi connectivity index (χ4n) is 2.54. The summed E-state index contributed by atoms with van der Waals surface area (Å²) in [7, 11) is 1.45. The third-order valence-electron chi connectivity index (χ3n) is 3.95. The molecule has 0 radical (unpaired) electrons. The minimum Gasteiger partial charge on any atom is -0.469 e. The van der Waals surface area contributed by atoms with Crippen LogP contribution in [0, 0.1) is 0 Å². The summed E-state index contributed by atoms with van der Waals surface area (Å²) < 4.78 is 5.00. The number of hydrogen-bond acceptors (Lipinski definition) is 2. The van der Waals surface area contributed by atoms with Gasteiger partial charge in [0.1, 0.15) is 0 Å². The summed E-state index contributed by atoms with van der Waals surface area (Å²) >= 11 is 0. The van der Waals surface area contributed by atoms with Gasteiger partial charge in [0.2, 0.25) is 0 Å². The Hall–Kier alpha value is -2.09. The van der Waals surface area contributed by atoms with E-state index in [1.807, 2.05) is 42.5 Å². The molecule has 0 heterocycles. The van der Waals surface area contributed by atoms with Gasteiger partial charge in [0.05, 0.1) is 13.0 Å². The zero-order valence-corrected chi connectivity index (χ0v) is 13.8. The van der Waals surface area contributed by atoms with Gasteiger partial charge in [-0.05, 0) is 28.5 Å². The zero-order valence-electron chi connectivity index (χ0n) is 13.8. The highest BCUT2D eigenvalue weighted by atomic mass is 16.5. The lowest BCUT2D eigenvalue weighted by molar-refractivity contribution is -0.142. The second kappa shape index (κ2) is 6.78. The molecule has 0 fully saturated rings. The third-order valence-corrected chi connectivity index (χ3v) is 3.95. The molecular weight excluding hydrogens is 272 g/mol. The van der Waals surface area contributed by atoms with E-state index in [2.05, 4.69) is 32.9 Å². The van der Waals surface area contributed by atoms with E-state index < -0.39 is 0 Å². The first kappa shape index (κ1) is 16.3. The first-order valence-electron chi connectivity index (χ1n) is 7.64. The highest BCUT2D eigenvalue weighted by Crippen LogP contribution is 2.27. The van der Waals surface area contributed by atoms with E-state index in [1.54, 1.807) is 0 Å². The van der Waals surface area contributed by atoms with Crippen molar-refractivity contribution in [2.75, 3.05) is 7.11 Å². The first-order chi connectivity index (χ1) is 10.4. The number of methoxy groups -OCH3 is 1. The van der Waals surface area contributed by atoms with E-state index in [9.17, 15) is 4.79 Å². The van der Waals surface area contributed by atoms with E-state index in [0.717, 1.165) is 11.1 Å². The minimum atomic E-state index is -0.263. The molecule has 0 aromatic heterocycles. The van der Waals surface area contributed by atoms with E-state index in [0.29, 0.717) is 6.42 Å². The number of carbonyl (C=O) groups excluding carboxylic acids is 1. The monoisotopic (exact) mass is 296 g/mol. The molecule has 0 saturated carbocycles. The summed E-state index contributed by atoms with van der Waals surface area (Å²) in [4.78, 5) is 12.2. The van der Waals surface area contributed by atoms with Gasteiger partial charge in [0.25, 0.3) is 0 Å². The standard InChI is InChI=1S/C20H24O2/c1-20(2,3)17-12-10-16(11-13-17)18(19(21)22-4)14-15-8-6-5-7-9-15/h5-13,18H,14H2,1-4H3/t18-/m0/s1. The largest absolute Gasteiger partial charge is 0.469 e. The fraction of sp³-hybridized carbons (Fsp3) is 0.350. The maximum atomic E-state index is 12.2. The van der Waals surface area contributed by atoms with Crippen molar-refractivity contribution in [1.82, 2.24) is 0 Å². The normalized spacial score (nSPS) is 12.7. The van der Waals surface area contributed by atoms with Crippen molar-refractivity contribution in [3.8, 4) is 0 Å². The molecule has 22 heavy (non-hydrogen) atoms. The van der Waals surface area contributed by atoms with Crippen molar-refractivity contribution >= 4 is 5.97 Å². The van der Waals surface area contributed by atoms with Crippen molar-refractivity contribution < 1.29 is 9.53 Å². The van der Waals surface area contributed by atoms with Gasteiger partial charge in [-0.25, -0.2) is 0 Å². The Labute approximate surface area is 133 Å². The summed E-state index contributed by atoms with van der Waals surface area (Å²) in [5.41, 5.74) is 3.51. The Bertz CT molecular complexity index is 606. The molecule has 0 aliphatic rings. The lowest BCUT2D eigenvalue weighted by Gasteiger charge is -2.21. The average Bonchev–Trinajstić information content (AvgIpc) is 2.52. The van der Waals surface area contributed by atoms with Crippen molar-refractivity contribution in [3.63, 3.8) is 0 Å². The number of carbonyl (C=O) groups is 1. The molecular formula is C20H24O2. The predicted octanol–water partition coefficient (Wildman–Crippen LogP) is 4.48. The number of ether oxygens (including phenoxy) is 1. The van der Waals surface area contributed by atoms with Crippen LogP contribution in [0.2, 0.25) is 0 Å². The van der Waals surface area contributed by atoms with Crippen molar-refractivity contribution in [3.05, 3.63) is 71.3 Å². The topological polar surface area (TPSA) is 26.3 Å². The van der Waals surface area contributed by atoms with Gasteiger partial charge in [-0.1, -0.05) is 75.4 Å². The molecule has 2 aromatic carbocycles. The van der Waals surface area contributed by atoms with E-state index >= 15 is 0 Å². The lowest BCUT2D eigenvalue weighted by atomic mass is 9.84. The van der Waals surface area contributed by atoms with Crippen LogP contribution in [0.3, 0.4) is 0 Å². The Kier molecular flexibility index (Phi) is 5.02. The molecule has 0 spiro atoms. The SMILES string of the molecule is COC(=O)[C@@H](Cc1ccccc1)c1ccc(C(C)(C)C)cc1. The summed E-state index contributed by atoms with van der Waals surface area (Å²) in [6, 6.07) is 18.4. The van der Waals surface area contributed by atoms with Crippen LogP contribution in [-0.4, -0.2) is 13.1 Å². The molecule has 2 aromatic rings. The molecule has 116 valence electrons. The molecule has 0 saturated heterocycles. The second-order valence-electron chi connectivity index (χ2n) is 6.64. The lowest BCUT2D eigenvalue weighted by Crippen LogP contribution is -2.17. The zero-order chi connectivity index (χ0) is 16.2. The highest BCUT2D eigenvalue weighted by Gasteiger charge is 2.22. The van der Waals surface area contributed by atoms with Gasteiger partial charge in [-0.15, -0.1) is 0 Å². The van der Waals surface area contributed by atoms with Crippen LogP contribution in [0.15, 0.2) is 54.6 Å². The van der Waals surface area contributed by atoms with Crippen LogP contribution in [0.4, 0.5) is 0 Å². The maximum Gasteiger partial charge on any atom is 0.313 e. The van der Waals surface area contributed by atoms with E-state index in [4.69, 9.17) is 4.74 Å². The van der Waals surface area contributed by atoms with Gasteiger partial charge in [0.15, 0.2) is 0 Å². The van der Waals surface area contributed by atoms with Gasteiger partial charge in [0, 0.05) is 0 Å². The van der Waals surface area contributed by atoms with Crippen LogP contribution >= 0.6 is 0 Å². The maximum absolute atomic E-state index is 12.2. The molecule has 0 N–H and O–H groups in total. The molecule has 0 amide bonds. The van der Waals surface area contributed by atoms with Gasteiger partial charge in [-0.3, -0.25) is 4.79 Å². The first-order valence-corrected chi connectivity index (χ1v) is 7.64. The number of hydrogen-bond donors (Lipinski definition) is 0. The molecule has 2 rings (SSSR count). The van der Waals surface area contributed by atoms with Gasteiger partial charge >= 0.3 is 5.97 Å². The van der Waals surface area contributed by atoms with Crippen LogP contribution in [-0.2, 0) is 21.4 Å². The quantitative estimate of drug-likeness (QED) is 0.777. The summed E-state index contributed by atoms with van der Waals surface area (Å²) in [5, 5.41) is 0. The van der Waals surface area contributed by atoms with Crippen LogP contribution in [0.25, 0.3) is 0 Å². The molecule has 1 atom stereocenters. The average molecular weight is 296 g/mol. The molecule has 0 bridgehead atoms. The highest BCUT2D eigenvalue weighted by molar-refractivity contribution is 5.78. The summed E-state index contributed by atoms with van der Waals surface area (Å²) in [5.74, 6) is -0.450. The van der Waals surface area contributed by atoms with E-state index in [1.165, 1.54) is 12.7 Å². The van der Waals surface area contributed by atoms with Crippen LogP contribution in [0.1, 0.15) is 43.4 Å². The Morgan fingerprint density at radius 1 is 1.00 bits per heavy atom. The van der Waals surface area contributed by atoms with E-state index in [-0.39, 0.29) is 17.3 Å². The number of rotatable bonds is 4. The van der Waals surface area contributed by atoms with Crippen LogP contribution in [0.5, 0.6) is 0 Å². The predicted molar refractivity (Wildman–Crippen MR) is 90.0 cm³/mol. The summed E-state index contributed by atoms with van der Waals surface area (Å²) in [6.07, 6.45) is 0.655. The number of benzene rings is 2. The number of esters is 1. The van der Waals surface area contributed by atoms with Gasteiger partial charge in [-0.2, -0.15) is 0 Å². The Balaban J connectivity index is 2.28. The molecule has 2 nitrogen and oxygen atoms in total. The second-order valence-corrected chi connectivity index (χ2v) is 6.64. The molecule has 0 aliphatic carbocycles. The van der Waals surface area contributed by atoms with Crippen molar-refractivity contribution in [1.29, 1.82) is 0 Å². The van der Waals surface area contributed by atoms with Crippen LogP contribution < -0.4 is 0 Å². The van der Waals surface area contributed by atoms with Gasteiger partial charge < -0.3 is 4.74 Å². The fourth-order valence-corrected chi connectivity index (χ4v) is 2.54. The molecule has 0 aliphatic heterocycles. The third kappa shape index (κ3) is 3.97. The summed E-state index contributed by atoms with van der Waals surface area (Å²) in [6.45, 7) is 6.55. The minimum absolute atomic E-state index is 0.110. The van der Waals surface area contributed by atoms with Crippen molar-refractivity contribution in [2.45, 2.75) is 38.5 Å². The smallest absolute Gasteiger partial charge is 0.313 e. The molecule has 0 unspecified atom stereocenters. The van der Waals surface area contributed by atoms with Crippen molar-refractivity contribution in [2.24, 2.45) is 0 Å². The molecule has 2 heteroatoms.